The molecule has 0 aliphatic carbocycles. The lowest BCUT2D eigenvalue weighted by Crippen LogP contribution is -2.15. The minimum Gasteiger partial charge on any atom is -0.468 e. The van der Waals surface area contributed by atoms with Crippen LogP contribution in [0.1, 0.15) is 23.0 Å². The van der Waals surface area contributed by atoms with Crippen molar-refractivity contribution in [1.29, 1.82) is 0 Å². The molecule has 0 N–H and O–H groups in total. The lowest BCUT2D eigenvalue weighted by molar-refractivity contribution is -0.142. The van der Waals surface area contributed by atoms with Crippen LogP contribution < -0.4 is 0 Å². The fourth-order valence-electron chi connectivity index (χ4n) is 2.45. The molecule has 0 radical (unpaired) electrons. The Balaban J connectivity index is 2.34. The minimum absolute atomic E-state index is 0.380. The highest BCUT2D eigenvalue weighted by atomic mass is 16.5. The Bertz CT molecular complexity index is 631. The summed E-state index contributed by atoms with van der Waals surface area (Å²) in [6, 6.07) is 18.6. The van der Waals surface area contributed by atoms with E-state index in [0.717, 1.165) is 11.1 Å². The Labute approximate surface area is 141 Å². The van der Waals surface area contributed by atoms with E-state index in [-0.39, 0.29) is 11.9 Å². The molecule has 0 heterocycles. The Kier molecular flexibility index (Phi) is 6.32. The first kappa shape index (κ1) is 17.5. The molecule has 0 aliphatic heterocycles. The van der Waals surface area contributed by atoms with Gasteiger partial charge in [-0.15, -0.1) is 0 Å². The van der Waals surface area contributed by atoms with E-state index in [1.165, 1.54) is 14.2 Å². The molecule has 0 saturated heterocycles. The van der Waals surface area contributed by atoms with Gasteiger partial charge in [-0.2, -0.15) is 0 Å². The summed E-state index contributed by atoms with van der Waals surface area (Å²) in [6.45, 7) is 0. The summed E-state index contributed by atoms with van der Waals surface area (Å²) in [5.41, 5.74) is 1.61. The van der Waals surface area contributed by atoms with Crippen LogP contribution in [0.15, 0.2) is 72.8 Å². The molecule has 2 aromatic rings. The number of hydrogen-bond acceptors (Lipinski definition) is 4. The zero-order chi connectivity index (χ0) is 17.4. The number of rotatable bonds is 6. The molecule has 2 rings (SSSR count). The van der Waals surface area contributed by atoms with Crippen molar-refractivity contribution in [3.05, 3.63) is 83.9 Å². The third-order valence-electron chi connectivity index (χ3n) is 3.72. The highest BCUT2D eigenvalue weighted by Gasteiger charge is 2.22. The first-order valence-corrected chi connectivity index (χ1v) is 7.61. The SMILES string of the molecule is COC(=O)C(/C=C/C(C(=O)OC)c1ccccc1)c1ccccc1. The smallest absolute Gasteiger partial charge is 0.317 e. The standard InChI is InChI=1S/C20H20O4/c1-23-19(21)17(15-9-5-3-6-10-15)13-14-18(20(22)24-2)16-11-7-4-8-12-16/h3-14,17-18H,1-2H3/b14-13+. The molecule has 2 atom stereocenters. The molecule has 0 aromatic heterocycles. The maximum atomic E-state index is 12.1. The van der Waals surface area contributed by atoms with E-state index >= 15 is 0 Å². The number of ether oxygens (including phenoxy) is 2. The third kappa shape index (κ3) is 4.32. The van der Waals surface area contributed by atoms with Crippen molar-refractivity contribution >= 4 is 11.9 Å². The number of hydrogen-bond donors (Lipinski definition) is 0. The van der Waals surface area contributed by atoms with Crippen LogP contribution in [-0.2, 0) is 19.1 Å². The van der Waals surface area contributed by atoms with Gasteiger partial charge in [0.25, 0.3) is 0 Å². The van der Waals surface area contributed by atoms with Crippen molar-refractivity contribution in [1.82, 2.24) is 0 Å². The Morgan fingerprint density at radius 1 is 0.708 bits per heavy atom. The molecule has 0 spiro atoms. The molecule has 124 valence electrons. The van der Waals surface area contributed by atoms with Gasteiger partial charge >= 0.3 is 11.9 Å². The minimum atomic E-state index is -0.577. The largest absolute Gasteiger partial charge is 0.468 e. The van der Waals surface area contributed by atoms with E-state index in [1.54, 1.807) is 12.2 Å². The fourth-order valence-corrected chi connectivity index (χ4v) is 2.45. The van der Waals surface area contributed by atoms with Gasteiger partial charge in [0.1, 0.15) is 0 Å². The highest BCUT2D eigenvalue weighted by Crippen LogP contribution is 2.24. The molecular formula is C20H20O4. The summed E-state index contributed by atoms with van der Waals surface area (Å²) in [5.74, 6) is -1.91. The summed E-state index contributed by atoms with van der Waals surface area (Å²) in [6.07, 6.45) is 3.38. The Morgan fingerprint density at radius 2 is 1.04 bits per heavy atom. The average molecular weight is 324 g/mol. The molecule has 0 aliphatic rings. The lowest BCUT2D eigenvalue weighted by atomic mass is 9.93. The number of esters is 2. The number of carbonyl (C=O) groups is 2. The molecular weight excluding hydrogens is 304 g/mol. The second kappa shape index (κ2) is 8.67. The van der Waals surface area contributed by atoms with Gasteiger partial charge in [-0.25, -0.2) is 0 Å². The molecule has 4 nitrogen and oxygen atoms in total. The van der Waals surface area contributed by atoms with E-state index in [9.17, 15) is 9.59 Å². The molecule has 2 aromatic carbocycles. The van der Waals surface area contributed by atoms with Crippen molar-refractivity contribution < 1.29 is 19.1 Å². The maximum absolute atomic E-state index is 12.1. The van der Waals surface area contributed by atoms with Crippen LogP contribution in [0.4, 0.5) is 0 Å². The van der Waals surface area contributed by atoms with Crippen molar-refractivity contribution in [3.63, 3.8) is 0 Å². The van der Waals surface area contributed by atoms with E-state index in [1.807, 2.05) is 60.7 Å². The summed E-state index contributed by atoms with van der Waals surface area (Å²) < 4.78 is 9.77. The second-order valence-corrected chi connectivity index (χ2v) is 5.21. The highest BCUT2D eigenvalue weighted by molar-refractivity contribution is 5.83. The summed E-state index contributed by atoms with van der Waals surface area (Å²) >= 11 is 0. The Hall–Kier alpha value is -2.88. The van der Waals surface area contributed by atoms with E-state index in [2.05, 4.69) is 0 Å². The van der Waals surface area contributed by atoms with E-state index in [4.69, 9.17) is 9.47 Å². The molecule has 2 unspecified atom stereocenters. The summed E-state index contributed by atoms with van der Waals surface area (Å²) in [5, 5.41) is 0. The zero-order valence-corrected chi connectivity index (χ0v) is 13.7. The van der Waals surface area contributed by atoms with Gasteiger partial charge in [-0.1, -0.05) is 72.8 Å². The van der Waals surface area contributed by atoms with Gasteiger partial charge in [-0.05, 0) is 11.1 Å². The maximum Gasteiger partial charge on any atom is 0.317 e. The van der Waals surface area contributed by atoms with E-state index < -0.39 is 11.8 Å². The van der Waals surface area contributed by atoms with Gasteiger partial charge in [-0.3, -0.25) is 9.59 Å². The van der Waals surface area contributed by atoms with Crippen LogP contribution in [0.2, 0.25) is 0 Å². The summed E-state index contributed by atoms with van der Waals surface area (Å²) in [4.78, 5) is 24.2. The van der Waals surface area contributed by atoms with Crippen LogP contribution in [-0.4, -0.2) is 26.2 Å². The van der Waals surface area contributed by atoms with Crippen LogP contribution in [0, 0.1) is 0 Å². The number of carbonyl (C=O) groups excluding carboxylic acids is 2. The third-order valence-corrected chi connectivity index (χ3v) is 3.72. The van der Waals surface area contributed by atoms with E-state index in [0.29, 0.717) is 0 Å². The Morgan fingerprint density at radius 3 is 1.33 bits per heavy atom. The normalized spacial score (nSPS) is 13.2. The zero-order valence-electron chi connectivity index (χ0n) is 13.7. The van der Waals surface area contributed by atoms with Gasteiger partial charge in [0.2, 0.25) is 0 Å². The number of benzene rings is 2. The molecule has 0 saturated carbocycles. The first-order chi connectivity index (χ1) is 11.7. The lowest BCUT2D eigenvalue weighted by Gasteiger charge is -2.14. The van der Waals surface area contributed by atoms with Gasteiger partial charge < -0.3 is 9.47 Å². The van der Waals surface area contributed by atoms with Crippen molar-refractivity contribution in [2.45, 2.75) is 11.8 Å². The molecule has 0 amide bonds. The van der Waals surface area contributed by atoms with Gasteiger partial charge in [0.15, 0.2) is 0 Å². The van der Waals surface area contributed by atoms with Crippen molar-refractivity contribution in [2.24, 2.45) is 0 Å². The average Bonchev–Trinajstić information content (AvgIpc) is 2.65. The topological polar surface area (TPSA) is 52.6 Å². The molecule has 0 fully saturated rings. The van der Waals surface area contributed by atoms with Gasteiger partial charge in [0.05, 0.1) is 26.1 Å². The van der Waals surface area contributed by atoms with Crippen molar-refractivity contribution in [3.8, 4) is 0 Å². The van der Waals surface area contributed by atoms with Crippen LogP contribution in [0.25, 0.3) is 0 Å². The fraction of sp³-hybridized carbons (Fsp3) is 0.200. The quantitative estimate of drug-likeness (QED) is 0.603. The molecule has 4 heteroatoms. The van der Waals surface area contributed by atoms with Gasteiger partial charge in [0, 0.05) is 0 Å². The predicted octanol–water partition coefficient (Wildman–Crippen LogP) is 3.46. The van der Waals surface area contributed by atoms with Crippen LogP contribution >= 0.6 is 0 Å². The summed E-state index contributed by atoms with van der Waals surface area (Å²) in [7, 11) is 2.70. The monoisotopic (exact) mass is 324 g/mol. The predicted molar refractivity (Wildman–Crippen MR) is 91.5 cm³/mol. The van der Waals surface area contributed by atoms with Crippen LogP contribution in [0.3, 0.4) is 0 Å². The second-order valence-electron chi connectivity index (χ2n) is 5.21. The number of methoxy groups -OCH3 is 2. The first-order valence-electron chi connectivity index (χ1n) is 7.61. The molecule has 24 heavy (non-hydrogen) atoms. The van der Waals surface area contributed by atoms with Crippen molar-refractivity contribution in [2.75, 3.05) is 14.2 Å². The molecule has 0 bridgehead atoms. The van der Waals surface area contributed by atoms with Crippen LogP contribution in [0.5, 0.6) is 0 Å².